The Kier molecular flexibility index (Phi) is 6.16. The fraction of sp³-hybridized carbons (Fsp3) is 0.476. The number of hydrogen-bond donors (Lipinski definition) is 1. The van der Waals surface area contributed by atoms with Crippen molar-refractivity contribution in [1.29, 1.82) is 0 Å². The molecule has 1 aromatic carbocycles. The largest absolute Gasteiger partial charge is 0.353 e. The highest BCUT2D eigenvalue weighted by Crippen LogP contribution is 2.29. The fourth-order valence-corrected chi connectivity index (χ4v) is 4.14. The van der Waals surface area contributed by atoms with Crippen LogP contribution in [0, 0.1) is 0 Å². The van der Waals surface area contributed by atoms with E-state index in [0.29, 0.717) is 30.4 Å². The Morgan fingerprint density at radius 1 is 1.14 bits per heavy atom. The SMILES string of the molecule is O=C(CN1C(=O)CCn2nc(-c3cccc(Cl)c3)cc21)NCCN1CCCCC1. The van der Waals surface area contributed by atoms with Gasteiger partial charge in [0.25, 0.3) is 0 Å². The van der Waals surface area contributed by atoms with Crippen LogP contribution in [0.25, 0.3) is 11.3 Å². The van der Waals surface area contributed by atoms with Gasteiger partial charge in [-0.1, -0.05) is 30.2 Å². The normalized spacial score (nSPS) is 17.3. The van der Waals surface area contributed by atoms with Gasteiger partial charge in [-0.15, -0.1) is 0 Å². The Hall–Kier alpha value is -2.38. The summed E-state index contributed by atoms with van der Waals surface area (Å²) in [5, 5.41) is 8.19. The highest BCUT2D eigenvalue weighted by atomic mass is 35.5. The lowest BCUT2D eigenvalue weighted by Gasteiger charge is -2.28. The summed E-state index contributed by atoms with van der Waals surface area (Å²) in [6.45, 7) is 4.20. The lowest BCUT2D eigenvalue weighted by atomic mass is 10.1. The second kappa shape index (κ2) is 8.97. The molecule has 4 rings (SSSR count). The van der Waals surface area contributed by atoms with Crippen LogP contribution in [0.5, 0.6) is 0 Å². The zero-order valence-electron chi connectivity index (χ0n) is 16.4. The minimum atomic E-state index is -0.144. The maximum atomic E-state index is 12.5. The molecular weight excluding hydrogens is 390 g/mol. The molecule has 3 heterocycles. The van der Waals surface area contributed by atoms with Crippen LogP contribution >= 0.6 is 11.6 Å². The molecule has 2 aliphatic heterocycles. The number of fused-ring (bicyclic) bond motifs is 1. The first-order valence-electron chi connectivity index (χ1n) is 10.2. The molecule has 7 nitrogen and oxygen atoms in total. The lowest BCUT2D eigenvalue weighted by molar-refractivity contribution is -0.124. The van der Waals surface area contributed by atoms with Crippen molar-refractivity contribution in [3.05, 3.63) is 35.4 Å². The molecular formula is C21H26ClN5O2. The standard InChI is InChI=1S/C21H26ClN5O2/c22-17-6-4-5-16(13-17)18-14-20-26(21(29)7-11-27(20)24-18)15-19(28)23-8-12-25-9-2-1-3-10-25/h4-6,13-14H,1-3,7-12,15H2,(H,23,28). The van der Waals surface area contributed by atoms with Crippen LogP contribution in [0.2, 0.25) is 5.02 Å². The first-order valence-corrected chi connectivity index (χ1v) is 10.6. The van der Waals surface area contributed by atoms with Crippen molar-refractivity contribution in [1.82, 2.24) is 20.0 Å². The van der Waals surface area contributed by atoms with Crippen molar-refractivity contribution >= 4 is 29.2 Å². The fourth-order valence-electron chi connectivity index (χ4n) is 3.95. The summed E-state index contributed by atoms with van der Waals surface area (Å²) in [5.74, 6) is 0.456. The number of nitrogens with one attached hydrogen (secondary N) is 1. The average molecular weight is 416 g/mol. The van der Waals surface area contributed by atoms with E-state index < -0.39 is 0 Å². The van der Waals surface area contributed by atoms with Crippen molar-refractivity contribution < 1.29 is 9.59 Å². The van der Waals surface area contributed by atoms with E-state index >= 15 is 0 Å². The van der Waals surface area contributed by atoms with Crippen molar-refractivity contribution in [2.24, 2.45) is 0 Å². The molecule has 2 amide bonds. The smallest absolute Gasteiger partial charge is 0.240 e. The number of aryl methyl sites for hydroxylation is 1. The maximum Gasteiger partial charge on any atom is 0.240 e. The lowest BCUT2D eigenvalue weighted by Crippen LogP contribution is -2.46. The first kappa shape index (κ1) is 19.9. The third-order valence-electron chi connectivity index (χ3n) is 5.49. The van der Waals surface area contributed by atoms with Gasteiger partial charge in [0.1, 0.15) is 12.4 Å². The number of anilines is 1. The van der Waals surface area contributed by atoms with Crippen molar-refractivity contribution in [2.75, 3.05) is 37.6 Å². The third-order valence-corrected chi connectivity index (χ3v) is 5.73. The van der Waals surface area contributed by atoms with E-state index in [2.05, 4.69) is 15.3 Å². The average Bonchev–Trinajstić information content (AvgIpc) is 3.16. The van der Waals surface area contributed by atoms with Crippen molar-refractivity contribution in [3.8, 4) is 11.3 Å². The number of piperidine rings is 1. The van der Waals surface area contributed by atoms with Gasteiger partial charge in [-0.2, -0.15) is 5.10 Å². The molecule has 0 saturated carbocycles. The number of carbonyl (C=O) groups excluding carboxylic acids is 2. The number of benzene rings is 1. The molecule has 0 bridgehead atoms. The molecule has 154 valence electrons. The Morgan fingerprint density at radius 2 is 1.97 bits per heavy atom. The quantitative estimate of drug-likeness (QED) is 0.787. The van der Waals surface area contributed by atoms with Crippen LogP contribution in [0.4, 0.5) is 5.82 Å². The maximum absolute atomic E-state index is 12.5. The summed E-state index contributed by atoms with van der Waals surface area (Å²) in [7, 11) is 0. The third kappa shape index (κ3) is 4.79. The minimum Gasteiger partial charge on any atom is -0.353 e. The number of carbonyl (C=O) groups is 2. The summed E-state index contributed by atoms with van der Waals surface area (Å²) >= 11 is 6.09. The molecule has 1 fully saturated rings. The van der Waals surface area contributed by atoms with E-state index in [1.807, 2.05) is 30.3 Å². The first-order chi connectivity index (χ1) is 14.1. The predicted octanol–water partition coefficient (Wildman–Crippen LogP) is 2.54. The molecule has 1 aromatic heterocycles. The molecule has 2 aliphatic rings. The second-order valence-corrected chi connectivity index (χ2v) is 8.04. The number of amides is 2. The van der Waals surface area contributed by atoms with E-state index in [9.17, 15) is 9.59 Å². The Bertz CT molecular complexity index is 891. The van der Waals surface area contributed by atoms with Gasteiger partial charge in [0.15, 0.2) is 0 Å². The van der Waals surface area contributed by atoms with Gasteiger partial charge >= 0.3 is 0 Å². The van der Waals surface area contributed by atoms with E-state index in [1.165, 1.54) is 24.2 Å². The van der Waals surface area contributed by atoms with Crippen molar-refractivity contribution in [2.45, 2.75) is 32.2 Å². The van der Waals surface area contributed by atoms with Crippen molar-refractivity contribution in [3.63, 3.8) is 0 Å². The number of likely N-dealkylation sites (tertiary alicyclic amines) is 1. The topological polar surface area (TPSA) is 70.5 Å². The zero-order valence-corrected chi connectivity index (χ0v) is 17.2. The van der Waals surface area contributed by atoms with Gasteiger partial charge in [0.2, 0.25) is 11.8 Å². The Labute approximate surface area is 175 Å². The number of aromatic nitrogens is 2. The molecule has 29 heavy (non-hydrogen) atoms. The zero-order chi connectivity index (χ0) is 20.2. The van der Waals surface area contributed by atoms with E-state index in [-0.39, 0.29) is 18.4 Å². The summed E-state index contributed by atoms with van der Waals surface area (Å²) in [6.07, 6.45) is 4.10. The molecule has 8 heteroatoms. The Morgan fingerprint density at radius 3 is 2.76 bits per heavy atom. The van der Waals surface area contributed by atoms with Crippen LogP contribution in [0.15, 0.2) is 30.3 Å². The van der Waals surface area contributed by atoms with Crippen LogP contribution in [0.1, 0.15) is 25.7 Å². The monoisotopic (exact) mass is 415 g/mol. The molecule has 2 aromatic rings. The minimum absolute atomic E-state index is 0.0134. The second-order valence-electron chi connectivity index (χ2n) is 7.60. The van der Waals surface area contributed by atoms with Gasteiger partial charge in [-0.3, -0.25) is 14.5 Å². The van der Waals surface area contributed by atoms with Crippen LogP contribution in [-0.2, 0) is 16.1 Å². The molecule has 0 radical (unpaired) electrons. The predicted molar refractivity (Wildman–Crippen MR) is 113 cm³/mol. The van der Waals surface area contributed by atoms with Gasteiger partial charge in [0.05, 0.1) is 12.2 Å². The highest BCUT2D eigenvalue weighted by molar-refractivity contribution is 6.30. The van der Waals surface area contributed by atoms with Gasteiger partial charge in [-0.05, 0) is 38.1 Å². The molecule has 0 aliphatic carbocycles. The summed E-state index contributed by atoms with van der Waals surface area (Å²) in [6, 6.07) is 9.30. The highest BCUT2D eigenvalue weighted by Gasteiger charge is 2.28. The summed E-state index contributed by atoms with van der Waals surface area (Å²) in [5.41, 5.74) is 1.63. The molecule has 0 atom stereocenters. The van der Waals surface area contributed by atoms with E-state index in [4.69, 9.17) is 11.6 Å². The number of hydrogen-bond acceptors (Lipinski definition) is 4. The number of halogens is 1. The molecule has 0 spiro atoms. The summed E-state index contributed by atoms with van der Waals surface area (Å²) in [4.78, 5) is 28.9. The van der Waals surface area contributed by atoms with Gasteiger partial charge < -0.3 is 10.2 Å². The van der Waals surface area contributed by atoms with Crippen LogP contribution in [-0.4, -0.2) is 59.2 Å². The van der Waals surface area contributed by atoms with Gasteiger partial charge in [0, 0.05) is 36.2 Å². The van der Waals surface area contributed by atoms with Crippen LogP contribution < -0.4 is 10.2 Å². The Balaban J connectivity index is 1.40. The van der Waals surface area contributed by atoms with Gasteiger partial charge in [-0.25, -0.2) is 4.68 Å². The summed E-state index contributed by atoms with van der Waals surface area (Å²) < 4.78 is 1.79. The van der Waals surface area contributed by atoms with E-state index in [1.54, 1.807) is 4.68 Å². The molecule has 0 unspecified atom stereocenters. The molecule has 1 N–H and O–H groups in total. The number of nitrogens with zero attached hydrogens (tertiary/aromatic N) is 4. The van der Waals surface area contributed by atoms with E-state index in [0.717, 1.165) is 30.9 Å². The number of rotatable bonds is 6. The molecule has 1 saturated heterocycles. The van der Waals surface area contributed by atoms with Crippen LogP contribution in [0.3, 0.4) is 0 Å².